The number of nitrogens with zero attached hydrogens (tertiary/aromatic N) is 3. The molecule has 6 heteroatoms. The van der Waals surface area contributed by atoms with Gasteiger partial charge in [-0.1, -0.05) is 13.8 Å². The average Bonchev–Trinajstić information content (AvgIpc) is 2.33. The lowest BCUT2D eigenvalue weighted by molar-refractivity contribution is -0.384. The fourth-order valence-corrected chi connectivity index (χ4v) is 2.79. The summed E-state index contributed by atoms with van der Waals surface area (Å²) in [5.41, 5.74) is 5.53. The maximum absolute atomic E-state index is 10.7. The molecule has 1 saturated heterocycles. The molecule has 19 heavy (non-hydrogen) atoms. The molecule has 0 aliphatic carbocycles. The van der Waals surface area contributed by atoms with Crippen LogP contribution < -0.4 is 10.6 Å². The van der Waals surface area contributed by atoms with Crippen LogP contribution >= 0.6 is 0 Å². The number of nitro groups is 1. The van der Waals surface area contributed by atoms with Gasteiger partial charge in [0.1, 0.15) is 5.82 Å². The minimum Gasteiger partial charge on any atom is -0.378 e. The van der Waals surface area contributed by atoms with Gasteiger partial charge in [-0.05, 0) is 31.2 Å². The van der Waals surface area contributed by atoms with Crippen LogP contribution in [0.1, 0.15) is 27.2 Å². The molecule has 1 aromatic rings. The van der Waals surface area contributed by atoms with E-state index in [1.807, 2.05) is 0 Å². The summed E-state index contributed by atoms with van der Waals surface area (Å²) in [6.45, 7) is 7.51. The number of anilines is 2. The quantitative estimate of drug-likeness (QED) is 0.655. The molecule has 2 heterocycles. The Kier molecular flexibility index (Phi) is 3.59. The van der Waals surface area contributed by atoms with E-state index in [1.54, 1.807) is 6.07 Å². The summed E-state index contributed by atoms with van der Waals surface area (Å²) in [6, 6.07) is 3.49. The molecular weight excluding hydrogens is 244 g/mol. The van der Waals surface area contributed by atoms with E-state index < -0.39 is 4.92 Å². The van der Waals surface area contributed by atoms with Gasteiger partial charge in [0.15, 0.2) is 0 Å². The van der Waals surface area contributed by atoms with E-state index in [2.05, 4.69) is 30.7 Å². The Bertz CT molecular complexity index is 492. The number of hydrogen-bond acceptors (Lipinski definition) is 5. The topological polar surface area (TPSA) is 85.3 Å². The van der Waals surface area contributed by atoms with Gasteiger partial charge in [0, 0.05) is 18.7 Å². The van der Waals surface area contributed by atoms with Crippen molar-refractivity contribution >= 4 is 17.3 Å². The number of aromatic nitrogens is 1. The Morgan fingerprint density at radius 3 is 2.68 bits per heavy atom. The van der Waals surface area contributed by atoms with Gasteiger partial charge in [0.2, 0.25) is 5.82 Å². The third kappa shape index (κ3) is 2.62. The second-order valence-electron chi connectivity index (χ2n) is 5.54. The number of rotatable bonds is 2. The average molecular weight is 264 g/mol. The van der Waals surface area contributed by atoms with Crippen molar-refractivity contribution in [1.29, 1.82) is 0 Å². The highest BCUT2D eigenvalue weighted by molar-refractivity contribution is 5.58. The largest absolute Gasteiger partial charge is 0.378 e. The summed E-state index contributed by atoms with van der Waals surface area (Å²) in [5.74, 6) is 1.88. The van der Waals surface area contributed by atoms with Gasteiger partial charge in [-0.2, -0.15) is 0 Å². The Hall–Kier alpha value is -1.85. The van der Waals surface area contributed by atoms with Crippen molar-refractivity contribution in [3.63, 3.8) is 0 Å². The molecule has 2 rings (SSSR count). The third-order valence-corrected chi connectivity index (χ3v) is 3.98. The number of pyridine rings is 1. The maximum atomic E-state index is 10.7. The second kappa shape index (κ2) is 5.03. The first kappa shape index (κ1) is 13.6. The Labute approximate surface area is 112 Å². The van der Waals surface area contributed by atoms with Crippen molar-refractivity contribution in [3.8, 4) is 0 Å². The fourth-order valence-electron chi connectivity index (χ4n) is 2.79. The van der Waals surface area contributed by atoms with Crippen LogP contribution in [0.3, 0.4) is 0 Å². The molecule has 104 valence electrons. The number of piperidine rings is 1. The summed E-state index contributed by atoms with van der Waals surface area (Å²) in [7, 11) is 0. The highest BCUT2D eigenvalue weighted by Crippen LogP contribution is 2.32. The van der Waals surface area contributed by atoms with Crippen LogP contribution in [0.15, 0.2) is 12.1 Å². The van der Waals surface area contributed by atoms with Crippen LogP contribution in [0, 0.1) is 22.0 Å². The molecular formula is C13H20N4O2. The highest BCUT2D eigenvalue weighted by Gasteiger charge is 2.30. The zero-order valence-electron chi connectivity index (χ0n) is 11.5. The number of nitrogen functional groups attached to an aromatic ring is 1. The van der Waals surface area contributed by atoms with E-state index in [1.165, 1.54) is 12.5 Å². The van der Waals surface area contributed by atoms with Gasteiger partial charge in [-0.15, -0.1) is 0 Å². The molecule has 6 nitrogen and oxygen atoms in total. The third-order valence-electron chi connectivity index (χ3n) is 3.98. The van der Waals surface area contributed by atoms with Crippen molar-refractivity contribution in [3.05, 3.63) is 22.2 Å². The van der Waals surface area contributed by atoms with Crippen molar-refractivity contribution in [2.75, 3.05) is 17.2 Å². The number of nitrogens with two attached hydrogens (primary N) is 1. The lowest BCUT2D eigenvalue weighted by Gasteiger charge is -2.41. The first-order valence-corrected chi connectivity index (χ1v) is 6.57. The summed E-state index contributed by atoms with van der Waals surface area (Å²) >= 11 is 0. The zero-order chi connectivity index (χ0) is 14.2. The van der Waals surface area contributed by atoms with Gasteiger partial charge in [0.05, 0.1) is 4.92 Å². The minimum atomic E-state index is -0.503. The molecule has 3 unspecified atom stereocenters. The summed E-state index contributed by atoms with van der Waals surface area (Å²) in [5, 5.41) is 10.7. The fraction of sp³-hybridized carbons (Fsp3) is 0.615. The first-order chi connectivity index (χ1) is 8.90. The highest BCUT2D eigenvalue weighted by atomic mass is 16.6. The minimum absolute atomic E-state index is 0.0134. The van der Waals surface area contributed by atoms with Gasteiger partial charge in [-0.3, -0.25) is 10.1 Å². The molecule has 0 spiro atoms. The standard InChI is InChI=1S/C13H20N4O2/c1-8-6-9(2)10(3)16(7-8)12-5-4-11(17(18)19)13(14)15-12/h4-5,8-10H,6-7H2,1-3H3,(H2,14,15). The van der Waals surface area contributed by atoms with Crippen LogP contribution in [0.5, 0.6) is 0 Å². The van der Waals surface area contributed by atoms with E-state index in [4.69, 9.17) is 5.73 Å². The lowest BCUT2D eigenvalue weighted by Crippen LogP contribution is -2.46. The summed E-state index contributed by atoms with van der Waals surface area (Å²) in [6.07, 6.45) is 1.19. The van der Waals surface area contributed by atoms with E-state index in [0.717, 1.165) is 12.4 Å². The van der Waals surface area contributed by atoms with Crippen LogP contribution in [-0.4, -0.2) is 22.5 Å². The smallest absolute Gasteiger partial charge is 0.311 e. The molecule has 1 aromatic heterocycles. The molecule has 1 aliphatic heterocycles. The van der Waals surface area contributed by atoms with E-state index in [0.29, 0.717) is 17.9 Å². The second-order valence-corrected chi connectivity index (χ2v) is 5.54. The molecule has 2 N–H and O–H groups in total. The van der Waals surface area contributed by atoms with Crippen molar-refractivity contribution in [1.82, 2.24) is 4.98 Å². The summed E-state index contributed by atoms with van der Waals surface area (Å²) in [4.78, 5) is 16.6. The van der Waals surface area contributed by atoms with Crippen LogP contribution in [0.4, 0.5) is 17.3 Å². The van der Waals surface area contributed by atoms with Gasteiger partial charge >= 0.3 is 5.69 Å². The molecule has 1 fully saturated rings. The molecule has 0 saturated carbocycles. The van der Waals surface area contributed by atoms with Crippen LogP contribution in [0.25, 0.3) is 0 Å². The molecule has 0 radical (unpaired) electrons. The van der Waals surface area contributed by atoms with Crippen molar-refractivity contribution in [2.45, 2.75) is 33.2 Å². The molecule has 0 bridgehead atoms. The van der Waals surface area contributed by atoms with Crippen molar-refractivity contribution < 1.29 is 4.92 Å². The normalized spacial score (nSPS) is 27.3. The lowest BCUT2D eigenvalue weighted by atomic mass is 9.86. The SMILES string of the molecule is CC1CC(C)C(C)N(c2ccc([N+](=O)[O-])c(N)n2)C1. The van der Waals surface area contributed by atoms with E-state index in [9.17, 15) is 10.1 Å². The van der Waals surface area contributed by atoms with Crippen LogP contribution in [0.2, 0.25) is 0 Å². The summed E-state index contributed by atoms with van der Waals surface area (Å²) < 4.78 is 0. The first-order valence-electron chi connectivity index (χ1n) is 6.57. The maximum Gasteiger partial charge on any atom is 0.311 e. The van der Waals surface area contributed by atoms with Gasteiger partial charge < -0.3 is 10.6 Å². The van der Waals surface area contributed by atoms with Crippen molar-refractivity contribution in [2.24, 2.45) is 11.8 Å². The Morgan fingerprint density at radius 1 is 1.42 bits per heavy atom. The molecule has 1 aliphatic rings. The monoisotopic (exact) mass is 264 g/mol. The predicted octanol–water partition coefficient (Wildman–Crippen LogP) is 2.44. The number of hydrogen-bond donors (Lipinski definition) is 1. The van der Waals surface area contributed by atoms with E-state index in [-0.39, 0.29) is 11.5 Å². The molecule has 0 amide bonds. The molecule has 3 atom stereocenters. The van der Waals surface area contributed by atoms with Gasteiger partial charge in [0.25, 0.3) is 0 Å². The van der Waals surface area contributed by atoms with Gasteiger partial charge in [-0.25, -0.2) is 4.98 Å². The van der Waals surface area contributed by atoms with E-state index >= 15 is 0 Å². The van der Waals surface area contributed by atoms with Crippen LogP contribution in [-0.2, 0) is 0 Å². The Balaban J connectivity index is 2.31. The molecule has 0 aromatic carbocycles. The Morgan fingerprint density at radius 2 is 2.11 bits per heavy atom. The zero-order valence-corrected chi connectivity index (χ0v) is 11.5. The predicted molar refractivity (Wildman–Crippen MR) is 75.1 cm³/mol.